The van der Waals surface area contributed by atoms with Crippen molar-refractivity contribution in [2.45, 2.75) is 6.42 Å². The molecule has 3 aromatic carbocycles. The number of anilines is 1. The quantitative estimate of drug-likeness (QED) is 0.378. The van der Waals surface area contributed by atoms with Crippen LogP contribution in [0, 0.1) is 10.1 Å². The number of nitrogens with zero attached hydrogens (tertiary/aromatic N) is 1. The van der Waals surface area contributed by atoms with Crippen molar-refractivity contribution in [3.63, 3.8) is 0 Å². The number of nitrogens with one attached hydrogen (secondary N) is 1. The summed E-state index contributed by atoms with van der Waals surface area (Å²) < 4.78 is 16.1. The molecule has 158 valence electrons. The van der Waals surface area contributed by atoms with Crippen molar-refractivity contribution in [1.29, 1.82) is 0 Å². The fourth-order valence-electron chi connectivity index (χ4n) is 3.25. The van der Waals surface area contributed by atoms with Crippen LogP contribution < -0.4 is 14.8 Å². The maximum absolute atomic E-state index is 12.5. The van der Waals surface area contributed by atoms with Gasteiger partial charge in [-0.05, 0) is 16.8 Å². The van der Waals surface area contributed by atoms with Gasteiger partial charge >= 0.3 is 5.97 Å². The van der Waals surface area contributed by atoms with Crippen LogP contribution in [0.3, 0.4) is 0 Å². The second kappa shape index (κ2) is 8.70. The number of fused-ring (bicyclic) bond motifs is 2. The first-order valence-electron chi connectivity index (χ1n) is 9.56. The van der Waals surface area contributed by atoms with Crippen LogP contribution in [-0.4, -0.2) is 36.6 Å². The van der Waals surface area contributed by atoms with E-state index in [0.29, 0.717) is 36.3 Å². The third-order valence-corrected chi connectivity index (χ3v) is 4.68. The highest BCUT2D eigenvalue weighted by atomic mass is 16.6. The summed E-state index contributed by atoms with van der Waals surface area (Å²) in [4.78, 5) is 35.6. The number of benzene rings is 3. The van der Waals surface area contributed by atoms with Gasteiger partial charge in [0.2, 0.25) is 0 Å². The van der Waals surface area contributed by atoms with Crippen LogP contribution in [0.2, 0.25) is 0 Å². The molecule has 0 atom stereocenters. The minimum absolute atomic E-state index is 0.0690. The highest BCUT2D eigenvalue weighted by Gasteiger charge is 2.23. The van der Waals surface area contributed by atoms with E-state index in [1.54, 1.807) is 24.3 Å². The summed E-state index contributed by atoms with van der Waals surface area (Å²) in [5.74, 6) is -0.845. The Labute approximate surface area is 176 Å². The lowest BCUT2D eigenvalue weighted by Gasteiger charge is -2.12. The Morgan fingerprint density at radius 2 is 1.74 bits per heavy atom. The van der Waals surface area contributed by atoms with Gasteiger partial charge < -0.3 is 19.5 Å². The summed E-state index contributed by atoms with van der Waals surface area (Å²) in [6.07, 6.45) is 0.633. The van der Waals surface area contributed by atoms with E-state index in [2.05, 4.69) is 5.32 Å². The summed E-state index contributed by atoms with van der Waals surface area (Å²) in [6, 6.07) is 15.0. The summed E-state index contributed by atoms with van der Waals surface area (Å²) in [7, 11) is 0. The molecule has 1 amide bonds. The number of esters is 1. The van der Waals surface area contributed by atoms with Crippen LogP contribution in [0.25, 0.3) is 10.8 Å². The van der Waals surface area contributed by atoms with Crippen LogP contribution in [0.1, 0.15) is 16.8 Å². The molecule has 0 unspecified atom stereocenters. The fraction of sp³-hybridized carbons (Fsp3) is 0.182. The topological polar surface area (TPSA) is 117 Å². The molecular formula is C22H18N2O7. The Morgan fingerprint density at radius 1 is 1.03 bits per heavy atom. The molecule has 0 radical (unpaired) electrons. The number of nitro benzene ring substituents is 1. The van der Waals surface area contributed by atoms with Crippen LogP contribution in [-0.2, 0) is 9.53 Å². The van der Waals surface area contributed by atoms with Gasteiger partial charge in [-0.25, -0.2) is 4.79 Å². The highest BCUT2D eigenvalue weighted by molar-refractivity contribution is 6.05. The lowest BCUT2D eigenvalue weighted by molar-refractivity contribution is -0.384. The molecule has 3 aromatic rings. The van der Waals surface area contributed by atoms with Gasteiger partial charge in [0, 0.05) is 12.5 Å². The molecule has 9 nitrogen and oxygen atoms in total. The molecule has 4 rings (SSSR count). The third kappa shape index (κ3) is 4.40. The molecule has 1 heterocycles. The maximum Gasteiger partial charge on any atom is 0.339 e. The molecule has 0 fully saturated rings. The van der Waals surface area contributed by atoms with Gasteiger partial charge in [0.25, 0.3) is 11.6 Å². The van der Waals surface area contributed by atoms with E-state index in [4.69, 9.17) is 14.2 Å². The normalized spacial score (nSPS) is 12.6. The van der Waals surface area contributed by atoms with Crippen LogP contribution >= 0.6 is 0 Å². The maximum atomic E-state index is 12.5. The Morgan fingerprint density at radius 3 is 2.52 bits per heavy atom. The van der Waals surface area contributed by atoms with Gasteiger partial charge in [-0.15, -0.1) is 0 Å². The molecule has 0 bridgehead atoms. The number of nitro groups is 1. The zero-order chi connectivity index (χ0) is 21.8. The molecule has 1 N–H and O–H groups in total. The van der Waals surface area contributed by atoms with Crippen molar-refractivity contribution in [3.05, 3.63) is 70.3 Å². The second-order valence-corrected chi connectivity index (χ2v) is 6.77. The fourth-order valence-corrected chi connectivity index (χ4v) is 3.25. The zero-order valence-electron chi connectivity index (χ0n) is 16.3. The number of rotatable bonds is 5. The molecule has 1 aliphatic rings. The molecule has 31 heavy (non-hydrogen) atoms. The summed E-state index contributed by atoms with van der Waals surface area (Å²) in [5.41, 5.74) is -0.0918. The minimum atomic E-state index is -0.717. The van der Waals surface area contributed by atoms with E-state index < -0.39 is 23.4 Å². The van der Waals surface area contributed by atoms with Gasteiger partial charge in [-0.2, -0.15) is 0 Å². The van der Waals surface area contributed by atoms with Crippen molar-refractivity contribution >= 4 is 34.0 Å². The Balaban J connectivity index is 1.48. The van der Waals surface area contributed by atoms with Gasteiger partial charge in [0.1, 0.15) is 5.69 Å². The first-order valence-corrected chi connectivity index (χ1v) is 9.56. The van der Waals surface area contributed by atoms with E-state index >= 15 is 0 Å². The molecule has 1 aliphatic heterocycles. The second-order valence-electron chi connectivity index (χ2n) is 6.77. The first kappa shape index (κ1) is 20.1. The van der Waals surface area contributed by atoms with Crippen molar-refractivity contribution in [1.82, 2.24) is 0 Å². The lowest BCUT2D eigenvalue weighted by Crippen LogP contribution is -2.21. The summed E-state index contributed by atoms with van der Waals surface area (Å²) >= 11 is 0. The van der Waals surface area contributed by atoms with Gasteiger partial charge in [0.15, 0.2) is 18.1 Å². The number of hydrogen-bond acceptors (Lipinski definition) is 7. The van der Waals surface area contributed by atoms with Gasteiger partial charge in [-0.1, -0.05) is 36.4 Å². The number of ether oxygens (including phenoxy) is 3. The smallest absolute Gasteiger partial charge is 0.339 e. The molecule has 0 saturated carbocycles. The van der Waals surface area contributed by atoms with Gasteiger partial charge in [0.05, 0.1) is 29.8 Å². The number of carbonyl (C=O) groups excluding carboxylic acids is 2. The van der Waals surface area contributed by atoms with Crippen LogP contribution in [0.5, 0.6) is 11.5 Å². The zero-order valence-corrected chi connectivity index (χ0v) is 16.3. The Kier molecular flexibility index (Phi) is 5.65. The highest BCUT2D eigenvalue weighted by Crippen LogP contribution is 2.39. The van der Waals surface area contributed by atoms with Crippen LogP contribution in [0.4, 0.5) is 11.4 Å². The molecule has 0 spiro atoms. The summed E-state index contributed by atoms with van der Waals surface area (Å²) in [6.45, 7) is 0.161. The largest absolute Gasteiger partial charge is 0.489 e. The predicted octanol–water partition coefficient (Wildman–Crippen LogP) is 3.70. The van der Waals surface area contributed by atoms with Crippen LogP contribution in [0.15, 0.2) is 54.6 Å². The Bertz CT molecular complexity index is 1170. The molecule has 0 aliphatic carbocycles. The molecule has 0 saturated heterocycles. The molecule has 0 aromatic heterocycles. The van der Waals surface area contributed by atoms with E-state index in [0.717, 1.165) is 5.39 Å². The number of amides is 1. The molecular weight excluding hydrogens is 404 g/mol. The number of hydrogen-bond donors (Lipinski definition) is 1. The number of carbonyl (C=O) groups is 2. The minimum Gasteiger partial charge on any atom is -0.489 e. The van der Waals surface area contributed by atoms with Crippen molar-refractivity contribution < 1.29 is 28.7 Å². The third-order valence-electron chi connectivity index (χ3n) is 4.68. The first-order chi connectivity index (χ1) is 15.0. The average molecular weight is 422 g/mol. The summed E-state index contributed by atoms with van der Waals surface area (Å²) in [5, 5.41) is 15.4. The van der Waals surface area contributed by atoms with E-state index in [1.165, 1.54) is 12.1 Å². The van der Waals surface area contributed by atoms with Crippen molar-refractivity contribution in [2.75, 3.05) is 25.1 Å². The van der Waals surface area contributed by atoms with E-state index in [-0.39, 0.29) is 17.1 Å². The van der Waals surface area contributed by atoms with Crippen molar-refractivity contribution in [2.24, 2.45) is 0 Å². The lowest BCUT2D eigenvalue weighted by atomic mass is 10.1. The monoisotopic (exact) mass is 422 g/mol. The predicted molar refractivity (Wildman–Crippen MR) is 112 cm³/mol. The SMILES string of the molecule is O=C(COC(=O)c1cccc2ccccc12)Nc1cc2c(cc1[N+](=O)[O-])OCCCO2. The standard InChI is InChI=1S/C22H18N2O7/c25-21(13-31-22(26)16-8-3-6-14-5-1-2-7-15(14)16)23-17-11-19-20(12-18(17)24(27)28)30-10-4-9-29-19/h1-3,5-8,11-12H,4,9-10,13H2,(H,23,25). The average Bonchev–Trinajstić information content (AvgIpc) is 3.01. The van der Waals surface area contributed by atoms with Gasteiger partial charge in [-0.3, -0.25) is 14.9 Å². The van der Waals surface area contributed by atoms with E-state index in [9.17, 15) is 19.7 Å². The van der Waals surface area contributed by atoms with Crippen molar-refractivity contribution in [3.8, 4) is 11.5 Å². The van der Waals surface area contributed by atoms with E-state index in [1.807, 2.05) is 18.2 Å². The molecule has 9 heteroatoms. The Hall–Kier alpha value is -4.14.